The molecule has 4 heteroatoms. The number of nitrogens with zero attached hydrogens (tertiary/aromatic N) is 1. The summed E-state index contributed by atoms with van der Waals surface area (Å²) in [6, 6.07) is 5.51. The lowest BCUT2D eigenvalue weighted by atomic mass is 10.0. The van der Waals surface area contributed by atoms with E-state index in [1.54, 1.807) is 6.07 Å². The zero-order valence-corrected chi connectivity index (χ0v) is 9.61. The lowest BCUT2D eigenvalue weighted by Crippen LogP contribution is -2.38. The van der Waals surface area contributed by atoms with Gasteiger partial charge in [0, 0.05) is 19.0 Å². The molecule has 16 heavy (non-hydrogen) atoms. The number of anilines is 1. The highest BCUT2D eigenvalue weighted by Gasteiger charge is 2.32. The number of amides is 1. The van der Waals surface area contributed by atoms with Crippen molar-refractivity contribution in [1.82, 2.24) is 0 Å². The van der Waals surface area contributed by atoms with Gasteiger partial charge >= 0.3 is 0 Å². The first-order chi connectivity index (χ1) is 7.41. The fourth-order valence-electron chi connectivity index (χ4n) is 1.96. The van der Waals surface area contributed by atoms with Crippen LogP contribution in [0.4, 0.5) is 10.5 Å². The minimum Gasteiger partial charge on any atom is -0.530 e. The molecule has 0 saturated carbocycles. The molecular formula is C12H14NO3-. The summed E-state index contributed by atoms with van der Waals surface area (Å²) in [5, 5.41) is 10.8. The number of hydrogen-bond donors (Lipinski definition) is 0. The molecule has 1 amide bonds. The number of rotatable bonds is 1. The van der Waals surface area contributed by atoms with Gasteiger partial charge in [-0.1, -0.05) is 12.1 Å². The van der Waals surface area contributed by atoms with E-state index in [9.17, 15) is 9.90 Å². The second-order valence-electron chi connectivity index (χ2n) is 4.63. The summed E-state index contributed by atoms with van der Waals surface area (Å²) in [7, 11) is 1.46. The van der Waals surface area contributed by atoms with Gasteiger partial charge in [0.05, 0.1) is 5.69 Å². The molecule has 2 rings (SSSR count). The Morgan fingerprint density at radius 2 is 2.19 bits per heavy atom. The molecule has 86 valence electrons. The van der Waals surface area contributed by atoms with Crippen LogP contribution in [0.5, 0.6) is 5.75 Å². The highest BCUT2D eigenvalue weighted by molar-refractivity contribution is 5.86. The van der Waals surface area contributed by atoms with E-state index in [1.807, 2.05) is 26.0 Å². The maximum Gasteiger partial charge on any atom is 0.147 e. The van der Waals surface area contributed by atoms with Crippen molar-refractivity contribution < 1.29 is 14.6 Å². The first kappa shape index (κ1) is 10.8. The monoisotopic (exact) mass is 220 g/mol. The minimum absolute atomic E-state index is 0.273. The second-order valence-corrected chi connectivity index (χ2v) is 4.63. The molecule has 1 heterocycles. The number of carboxylic acid groups (broad SMARTS) is 1. The quantitative estimate of drug-likeness (QED) is 0.714. The van der Waals surface area contributed by atoms with E-state index in [2.05, 4.69) is 0 Å². The van der Waals surface area contributed by atoms with Gasteiger partial charge in [0.25, 0.3) is 0 Å². The molecule has 0 spiro atoms. The van der Waals surface area contributed by atoms with Gasteiger partial charge in [-0.25, -0.2) is 0 Å². The van der Waals surface area contributed by atoms with Gasteiger partial charge in [0.1, 0.15) is 17.4 Å². The molecule has 0 saturated heterocycles. The number of para-hydroxylation sites is 1. The van der Waals surface area contributed by atoms with Crippen molar-refractivity contribution in [3.8, 4) is 5.75 Å². The van der Waals surface area contributed by atoms with E-state index in [1.165, 1.54) is 7.05 Å². The maximum atomic E-state index is 10.8. The van der Waals surface area contributed by atoms with E-state index in [-0.39, 0.29) is 5.60 Å². The molecule has 0 fully saturated rings. The smallest absolute Gasteiger partial charge is 0.147 e. The van der Waals surface area contributed by atoms with Gasteiger partial charge in [0.2, 0.25) is 0 Å². The van der Waals surface area contributed by atoms with Gasteiger partial charge in [-0.15, -0.1) is 0 Å². The highest BCUT2D eigenvalue weighted by atomic mass is 16.5. The Labute approximate surface area is 94.4 Å². The lowest BCUT2D eigenvalue weighted by Gasteiger charge is -2.23. The van der Waals surface area contributed by atoms with Crippen LogP contribution in [0.1, 0.15) is 19.4 Å². The summed E-state index contributed by atoms with van der Waals surface area (Å²) in [5.41, 5.74) is 1.31. The molecule has 4 nitrogen and oxygen atoms in total. The summed E-state index contributed by atoms with van der Waals surface area (Å²) >= 11 is 0. The van der Waals surface area contributed by atoms with Crippen LogP contribution in [0.25, 0.3) is 0 Å². The molecule has 0 radical (unpaired) electrons. The number of ether oxygens (including phenoxy) is 1. The fourth-order valence-corrected chi connectivity index (χ4v) is 1.96. The van der Waals surface area contributed by atoms with Crippen molar-refractivity contribution >= 4 is 11.8 Å². The zero-order chi connectivity index (χ0) is 11.9. The Bertz CT molecular complexity index is 440. The molecule has 0 aromatic heterocycles. The first-order valence-electron chi connectivity index (χ1n) is 5.16. The zero-order valence-electron chi connectivity index (χ0n) is 9.61. The molecule has 1 aromatic carbocycles. The third-order valence-corrected chi connectivity index (χ3v) is 2.71. The molecule has 1 aromatic rings. The third-order valence-electron chi connectivity index (χ3n) is 2.71. The molecule has 0 bridgehead atoms. The second kappa shape index (κ2) is 3.40. The average molecular weight is 220 g/mol. The fraction of sp³-hybridized carbons (Fsp3) is 0.417. The van der Waals surface area contributed by atoms with Gasteiger partial charge in [-0.2, -0.15) is 0 Å². The number of carbonyl (C=O) groups is 1. The highest BCUT2D eigenvalue weighted by Crippen LogP contribution is 2.41. The number of fused-ring (bicyclic) bond motifs is 1. The van der Waals surface area contributed by atoms with E-state index in [0.717, 1.165) is 16.9 Å². The largest absolute Gasteiger partial charge is 0.530 e. The summed E-state index contributed by atoms with van der Waals surface area (Å²) in [4.78, 5) is 11.9. The van der Waals surface area contributed by atoms with Gasteiger partial charge in [-0.3, -0.25) is 0 Å². The van der Waals surface area contributed by atoms with Crippen LogP contribution < -0.4 is 14.7 Å². The van der Waals surface area contributed by atoms with Crippen LogP contribution in [-0.4, -0.2) is 18.7 Å². The Balaban J connectivity index is 2.45. The van der Waals surface area contributed by atoms with Crippen LogP contribution in [0.15, 0.2) is 18.2 Å². The van der Waals surface area contributed by atoms with Crippen molar-refractivity contribution in [2.75, 3.05) is 11.9 Å². The standard InChI is InChI=1S/C12H15NO3/c1-12(2)7-8-5-4-6-9(10(8)16-12)13(3)11(14)15/h4-6H,7H2,1-3H3,(H,14,15)/p-1. The average Bonchev–Trinajstić information content (AvgIpc) is 2.49. The molecule has 0 N–H and O–H groups in total. The van der Waals surface area contributed by atoms with Crippen LogP contribution in [0.3, 0.4) is 0 Å². The van der Waals surface area contributed by atoms with Crippen molar-refractivity contribution in [2.45, 2.75) is 25.9 Å². The van der Waals surface area contributed by atoms with Crippen molar-refractivity contribution in [3.63, 3.8) is 0 Å². The molecular weight excluding hydrogens is 206 g/mol. The topological polar surface area (TPSA) is 52.6 Å². The van der Waals surface area contributed by atoms with Crippen molar-refractivity contribution in [2.24, 2.45) is 0 Å². The van der Waals surface area contributed by atoms with Crippen molar-refractivity contribution in [3.05, 3.63) is 23.8 Å². The Morgan fingerprint density at radius 1 is 1.50 bits per heavy atom. The summed E-state index contributed by atoms with van der Waals surface area (Å²) in [5.74, 6) is 0.652. The summed E-state index contributed by atoms with van der Waals surface area (Å²) in [6.45, 7) is 3.96. The Morgan fingerprint density at radius 3 is 2.81 bits per heavy atom. The summed E-state index contributed by atoms with van der Waals surface area (Å²) in [6.07, 6.45) is -0.446. The third kappa shape index (κ3) is 1.71. The van der Waals surface area contributed by atoms with E-state index >= 15 is 0 Å². The number of hydrogen-bond acceptors (Lipinski definition) is 3. The molecule has 1 aliphatic heterocycles. The SMILES string of the molecule is CN(C(=O)[O-])c1cccc2c1OC(C)(C)C2. The van der Waals surface area contributed by atoms with E-state index in [4.69, 9.17) is 4.74 Å². The van der Waals surface area contributed by atoms with Gasteiger partial charge < -0.3 is 19.5 Å². The maximum absolute atomic E-state index is 10.8. The number of benzene rings is 1. The predicted molar refractivity (Wildman–Crippen MR) is 58.7 cm³/mol. The Kier molecular flexibility index (Phi) is 2.30. The van der Waals surface area contributed by atoms with Crippen LogP contribution >= 0.6 is 0 Å². The minimum atomic E-state index is -1.23. The van der Waals surface area contributed by atoms with Crippen molar-refractivity contribution in [1.29, 1.82) is 0 Å². The van der Waals surface area contributed by atoms with E-state index in [0.29, 0.717) is 11.4 Å². The normalized spacial score (nSPS) is 16.4. The molecule has 0 atom stereocenters. The van der Waals surface area contributed by atoms with Gasteiger partial charge in [0.15, 0.2) is 0 Å². The lowest BCUT2D eigenvalue weighted by molar-refractivity contribution is -0.246. The molecule has 1 aliphatic rings. The molecule has 0 aliphatic carbocycles. The van der Waals surface area contributed by atoms with E-state index < -0.39 is 6.09 Å². The van der Waals surface area contributed by atoms with Crippen LogP contribution in [0.2, 0.25) is 0 Å². The first-order valence-corrected chi connectivity index (χ1v) is 5.16. The van der Waals surface area contributed by atoms with Crippen LogP contribution in [0, 0.1) is 0 Å². The molecule has 0 unspecified atom stereocenters. The summed E-state index contributed by atoms with van der Waals surface area (Å²) < 4.78 is 5.76. The van der Waals surface area contributed by atoms with Gasteiger partial charge in [-0.05, 0) is 19.9 Å². The Hall–Kier alpha value is -1.71. The number of carbonyl (C=O) groups excluding carboxylic acids is 1. The van der Waals surface area contributed by atoms with Crippen LogP contribution in [-0.2, 0) is 6.42 Å². The predicted octanol–water partition coefficient (Wildman–Crippen LogP) is 1.18.